The highest BCUT2D eigenvalue weighted by molar-refractivity contribution is 5.96. The number of nitrogens with two attached hydrogens (primary N) is 1. The Kier molecular flexibility index (Phi) is 5.40. The van der Waals surface area contributed by atoms with Crippen LogP contribution in [0.3, 0.4) is 0 Å². The van der Waals surface area contributed by atoms with Gasteiger partial charge in [-0.1, -0.05) is 0 Å². The summed E-state index contributed by atoms with van der Waals surface area (Å²) in [6.07, 6.45) is -4.49. The van der Waals surface area contributed by atoms with E-state index >= 15 is 0 Å². The summed E-state index contributed by atoms with van der Waals surface area (Å²) in [7, 11) is 0. The normalized spacial score (nSPS) is 11.3. The molecule has 0 unspecified atom stereocenters. The van der Waals surface area contributed by atoms with Gasteiger partial charge >= 0.3 is 12.1 Å². The molecule has 2 N–H and O–H groups in total. The molecule has 0 atom stereocenters. The van der Waals surface area contributed by atoms with Crippen LogP contribution in [-0.4, -0.2) is 31.8 Å². The molecule has 1 aromatic carbocycles. The summed E-state index contributed by atoms with van der Waals surface area (Å²) in [5.41, 5.74) is 4.83. The number of ether oxygens (including phenoxy) is 1. The van der Waals surface area contributed by atoms with E-state index < -0.39 is 24.5 Å². The monoisotopic (exact) mass is 308 g/mol. The fourth-order valence-corrected chi connectivity index (χ4v) is 1.79. The number of benzene rings is 1. The van der Waals surface area contributed by atoms with Crippen molar-refractivity contribution in [2.45, 2.75) is 20.0 Å². The molecule has 21 heavy (non-hydrogen) atoms. The lowest BCUT2D eigenvalue weighted by Gasteiger charge is -2.25. The SMILES string of the molecule is CCOC(=O)c1cc(N(CC)CC(F)(F)F)c(F)cc1N. The van der Waals surface area contributed by atoms with Crippen LogP contribution < -0.4 is 10.6 Å². The number of hydrogen-bond donors (Lipinski definition) is 1. The molecule has 1 rings (SSSR count). The first-order chi connectivity index (χ1) is 9.69. The molecule has 0 fully saturated rings. The van der Waals surface area contributed by atoms with E-state index in [1.165, 1.54) is 6.92 Å². The van der Waals surface area contributed by atoms with Crippen molar-refractivity contribution in [3.63, 3.8) is 0 Å². The van der Waals surface area contributed by atoms with Gasteiger partial charge in [0.05, 0.1) is 17.9 Å². The maximum absolute atomic E-state index is 13.9. The molecular formula is C13H16F4N2O2. The van der Waals surface area contributed by atoms with Crippen LogP contribution in [0.5, 0.6) is 0 Å². The zero-order valence-electron chi connectivity index (χ0n) is 11.6. The van der Waals surface area contributed by atoms with Crippen LogP contribution >= 0.6 is 0 Å². The standard InChI is InChI=1S/C13H16F4N2O2/c1-3-19(7-13(15,16)17)11-5-8(12(20)21-4-2)10(18)6-9(11)14/h5-6H,3-4,7,18H2,1-2H3. The van der Waals surface area contributed by atoms with Crippen LogP contribution in [0.25, 0.3) is 0 Å². The van der Waals surface area contributed by atoms with Gasteiger partial charge in [0.25, 0.3) is 0 Å². The predicted molar refractivity (Wildman–Crippen MR) is 70.7 cm³/mol. The molecule has 0 spiro atoms. The molecule has 0 aliphatic heterocycles. The molecule has 1 aromatic rings. The van der Waals surface area contributed by atoms with Gasteiger partial charge in [-0.15, -0.1) is 0 Å². The average Bonchev–Trinajstić information content (AvgIpc) is 2.35. The first kappa shape index (κ1) is 17.1. The Bertz CT molecular complexity index is 518. The Morgan fingerprint density at radius 1 is 1.33 bits per heavy atom. The molecule has 0 heterocycles. The second-order valence-corrected chi connectivity index (χ2v) is 4.24. The van der Waals surface area contributed by atoms with Gasteiger partial charge in [0.1, 0.15) is 12.4 Å². The summed E-state index contributed by atoms with van der Waals surface area (Å²) in [5.74, 6) is -1.73. The number of halogens is 4. The molecule has 0 aliphatic rings. The summed E-state index contributed by atoms with van der Waals surface area (Å²) in [4.78, 5) is 12.4. The molecule has 0 saturated heterocycles. The lowest BCUT2D eigenvalue weighted by Crippen LogP contribution is -2.34. The van der Waals surface area contributed by atoms with Crippen LogP contribution in [0.1, 0.15) is 24.2 Å². The number of hydrogen-bond acceptors (Lipinski definition) is 4. The van der Waals surface area contributed by atoms with E-state index in [1.807, 2.05) is 0 Å². The van der Waals surface area contributed by atoms with E-state index in [1.54, 1.807) is 6.92 Å². The number of anilines is 2. The smallest absolute Gasteiger partial charge is 0.405 e. The second-order valence-electron chi connectivity index (χ2n) is 4.24. The highest BCUT2D eigenvalue weighted by Crippen LogP contribution is 2.28. The molecular weight excluding hydrogens is 292 g/mol. The van der Waals surface area contributed by atoms with Crippen molar-refractivity contribution in [3.05, 3.63) is 23.5 Å². The highest BCUT2D eigenvalue weighted by Gasteiger charge is 2.31. The third-order valence-corrected chi connectivity index (χ3v) is 2.71. The van der Waals surface area contributed by atoms with Crippen LogP contribution in [0.15, 0.2) is 12.1 Å². The zero-order valence-corrected chi connectivity index (χ0v) is 11.6. The third-order valence-electron chi connectivity index (χ3n) is 2.71. The molecule has 0 aliphatic carbocycles. The Hall–Kier alpha value is -1.99. The number of esters is 1. The lowest BCUT2D eigenvalue weighted by atomic mass is 10.1. The molecule has 0 amide bonds. The second kappa shape index (κ2) is 6.64. The number of nitrogen functional groups attached to an aromatic ring is 1. The van der Waals surface area contributed by atoms with Crippen molar-refractivity contribution in [2.24, 2.45) is 0 Å². The Morgan fingerprint density at radius 2 is 1.95 bits per heavy atom. The summed E-state index contributed by atoms with van der Waals surface area (Å²) >= 11 is 0. The van der Waals surface area contributed by atoms with E-state index in [9.17, 15) is 22.4 Å². The van der Waals surface area contributed by atoms with E-state index in [4.69, 9.17) is 10.5 Å². The quantitative estimate of drug-likeness (QED) is 0.516. The molecule has 0 bridgehead atoms. The predicted octanol–water partition coefficient (Wildman–Crippen LogP) is 2.97. The van der Waals surface area contributed by atoms with Gasteiger partial charge in [0.2, 0.25) is 0 Å². The number of carbonyl (C=O) groups excluding carboxylic acids is 1. The molecule has 4 nitrogen and oxygen atoms in total. The fraction of sp³-hybridized carbons (Fsp3) is 0.462. The van der Waals surface area contributed by atoms with Gasteiger partial charge in [0, 0.05) is 12.2 Å². The molecule has 118 valence electrons. The van der Waals surface area contributed by atoms with Gasteiger partial charge in [-0.3, -0.25) is 0 Å². The van der Waals surface area contributed by atoms with Crippen molar-refractivity contribution < 1.29 is 27.1 Å². The highest BCUT2D eigenvalue weighted by atomic mass is 19.4. The minimum atomic E-state index is -4.49. The number of nitrogens with zero attached hydrogens (tertiary/aromatic N) is 1. The van der Waals surface area contributed by atoms with Gasteiger partial charge in [0.15, 0.2) is 0 Å². The average molecular weight is 308 g/mol. The minimum Gasteiger partial charge on any atom is -0.462 e. The van der Waals surface area contributed by atoms with Crippen molar-refractivity contribution >= 4 is 17.3 Å². The summed E-state index contributed by atoms with van der Waals surface area (Å²) in [6, 6.07) is 1.80. The minimum absolute atomic E-state index is 0.0744. The molecule has 8 heteroatoms. The molecule has 0 aromatic heterocycles. The van der Waals surface area contributed by atoms with E-state index in [0.717, 1.165) is 17.0 Å². The fourth-order valence-electron chi connectivity index (χ4n) is 1.79. The van der Waals surface area contributed by atoms with Gasteiger partial charge < -0.3 is 15.4 Å². The third kappa shape index (κ3) is 4.51. The van der Waals surface area contributed by atoms with Crippen LogP contribution in [0.2, 0.25) is 0 Å². The topological polar surface area (TPSA) is 55.6 Å². The number of carbonyl (C=O) groups is 1. The molecule has 0 saturated carbocycles. The van der Waals surface area contributed by atoms with Crippen LogP contribution in [0.4, 0.5) is 28.9 Å². The van der Waals surface area contributed by atoms with E-state index in [0.29, 0.717) is 0 Å². The Balaban J connectivity index is 3.22. The van der Waals surface area contributed by atoms with E-state index in [2.05, 4.69) is 0 Å². The number of rotatable bonds is 5. The summed E-state index contributed by atoms with van der Waals surface area (Å²) in [6.45, 7) is 1.69. The Labute approximate surface area is 119 Å². The van der Waals surface area contributed by atoms with Crippen LogP contribution in [-0.2, 0) is 4.74 Å². The first-order valence-electron chi connectivity index (χ1n) is 6.27. The largest absolute Gasteiger partial charge is 0.462 e. The van der Waals surface area contributed by atoms with Gasteiger partial charge in [-0.2, -0.15) is 13.2 Å². The Morgan fingerprint density at radius 3 is 2.43 bits per heavy atom. The van der Waals surface area contributed by atoms with Crippen molar-refractivity contribution in [1.82, 2.24) is 0 Å². The lowest BCUT2D eigenvalue weighted by molar-refractivity contribution is -0.119. The molecule has 0 radical (unpaired) electrons. The first-order valence-corrected chi connectivity index (χ1v) is 6.27. The number of alkyl halides is 3. The van der Waals surface area contributed by atoms with Crippen molar-refractivity contribution in [2.75, 3.05) is 30.3 Å². The van der Waals surface area contributed by atoms with Gasteiger partial charge in [-0.25, -0.2) is 9.18 Å². The van der Waals surface area contributed by atoms with E-state index in [-0.39, 0.29) is 30.1 Å². The maximum atomic E-state index is 13.9. The zero-order chi connectivity index (χ0) is 16.2. The maximum Gasteiger partial charge on any atom is 0.405 e. The summed E-state index contributed by atoms with van der Waals surface area (Å²) in [5, 5.41) is 0. The van der Waals surface area contributed by atoms with Crippen molar-refractivity contribution in [3.8, 4) is 0 Å². The van der Waals surface area contributed by atoms with Gasteiger partial charge in [-0.05, 0) is 26.0 Å². The van der Waals surface area contributed by atoms with Crippen LogP contribution in [0, 0.1) is 5.82 Å². The summed E-state index contributed by atoms with van der Waals surface area (Å²) < 4.78 is 56.1. The van der Waals surface area contributed by atoms with Crippen molar-refractivity contribution in [1.29, 1.82) is 0 Å².